The zero-order valence-electron chi connectivity index (χ0n) is 7.06. The molecule has 0 bridgehead atoms. The highest BCUT2D eigenvalue weighted by atomic mass is 16.5. The van der Waals surface area contributed by atoms with Crippen LogP contribution in [0.2, 0.25) is 0 Å². The Labute approximate surface area is 78.0 Å². The van der Waals surface area contributed by atoms with Crippen molar-refractivity contribution in [1.82, 2.24) is 9.97 Å². The van der Waals surface area contributed by atoms with E-state index < -0.39 is 12.0 Å². The number of nitrogens with zero attached hydrogens (tertiary/aromatic N) is 2. The molecule has 0 saturated carbocycles. The molecule has 0 radical (unpaired) electrons. The van der Waals surface area contributed by atoms with Crippen molar-refractivity contribution in [3.63, 3.8) is 0 Å². The minimum absolute atomic E-state index is 0.0666. The van der Waals surface area contributed by atoms with Gasteiger partial charge in [-0.3, -0.25) is 14.7 Å². The number of anilines is 3. The van der Waals surface area contributed by atoms with Gasteiger partial charge in [0.1, 0.15) is 5.69 Å². The van der Waals surface area contributed by atoms with Crippen molar-refractivity contribution in [2.24, 2.45) is 0 Å². The Hall–Kier alpha value is -1.80. The molecule has 0 aromatic carbocycles. The molecule has 1 aromatic rings. The summed E-state index contributed by atoms with van der Waals surface area (Å²) < 4.78 is 0. The average Bonchev–Trinajstić information content (AvgIpc) is 2.47. The second kappa shape index (κ2) is 2.86. The minimum atomic E-state index is -1.71. The van der Waals surface area contributed by atoms with E-state index in [0.717, 1.165) is 4.90 Å². The van der Waals surface area contributed by atoms with Crippen molar-refractivity contribution in [1.29, 1.82) is 0 Å². The number of aromatic nitrogens is 2. The van der Waals surface area contributed by atoms with Crippen molar-refractivity contribution < 1.29 is 10.2 Å². The van der Waals surface area contributed by atoms with Crippen LogP contribution in [-0.4, -0.2) is 33.3 Å². The Balaban J connectivity index is 2.54. The molecule has 6 N–H and O–H groups in total. The van der Waals surface area contributed by atoms with Crippen LogP contribution in [0, 0.1) is 0 Å². The molecule has 2 heterocycles. The van der Waals surface area contributed by atoms with Crippen molar-refractivity contribution >= 4 is 17.5 Å². The predicted molar refractivity (Wildman–Crippen MR) is 48.5 cm³/mol. The van der Waals surface area contributed by atoms with E-state index in [1.807, 2.05) is 0 Å². The third kappa shape index (κ3) is 1.17. The number of nitrogens with two attached hydrogens (primary N) is 1. The zero-order chi connectivity index (χ0) is 10.3. The third-order valence-corrected chi connectivity index (χ3v) is 1.90. The molecule has 8 heteroatoms. The van der Waals surface area contributed by atoms with Gasteiger partial charge in [0.25, 0.3) is 5.56 Å². The van der Waals surface area contributed by atoms with Gasteiger partial charge in [-0.2, -0.15) is 4.98 Å². The summed E-state index contributed by atoms with van der Waals surface area (Å²) in [5, 5.41) is 20.5. The van der Waals surface area contributed by atoms with Crippen LogP contribution in [0.15, 0.2) is 4.79 Å². The molecule has 1 aromatic heterocycles. The first-order valence-corrected chi connectivity index (χ1v) is 3.86. The van der Waals surface area contributed by atoms with Gasteiger partial charge in [0, 0.05) is 0 Å². The van der Waals surface area contributed by atoms with Gasteiger partial charge < -0.3 is 21.3 Å². The summed E-state index contributed by atoms with van der Waals surface area (Å²) in [6.45, 7) is 0.104. The van der Waals surface area contributed by atoms with Gasteiger partial charge in [0.05, 0.1) is 6.67 Å². The molecule has 14 heavy (non-hydrogen) atoms. The Bertz CT molecular complexity index is 414. The maximum Gasteiger partial charge on any atom is 0.277 e. The van der Waals surface area contributed by atoms with Gasteiger partial charge in [0.15, 0.2) is 5.82 Å². The number of nitrogens with one attached hydrogen (secondary N) is 2. The molecule has 1 aliphatic heterocycles. The van der Waals surface area contributed by atoms with E-state index in [0.29, 0.717) is 0 Å². The topological polar surface area (TPSA) is 128 Å². The van der Waals surface area contributed by atoms with E-state index in [4.69, 9.17) is 15.9 Å². The van der Waals surface area contributed by atoms with Crippen LogP contribution in [0.25, 0.3) is 0 Å². The summed E-state index contributed by atoms with van der Waals surface area (Å²) in [6.07, 6.45) is -1.71. The lowest BCUT2D eigenvalue weighted by molar-refractivity contribution is -0.0393. The predicted octanol–water partition coefficient (Wildman–Crippen LogP) is -2.19. The zero-order valence-corrected chi connectivity index (χ0v) is 7.06. The highest BCUT2D eigenvalue weighted by Gasteiger charge is 2.27. The fraction of sp³-hybridized carbons (Fsp3) is 0.333. The number of nitrogen functional groups attached to an aromatic ring is 1. The quantitative estimate of drug-likeness (QED) is 0.325. The van der Waals surface area contributed by atoms with Crippen LogP contribution in [0.4, 0.5) is 17.5 Å². The standard InChI is InChI=1S/C6H9N5O3/c7-5-9-3-2(4(12)10-5)8-1-11(3)6(13)14/h6,8,13-14H,1H2,(H3,7,9,10,12). The highest BCUT2D eigenvalue weighted by Crippen LogP contribution is 2.25. The minimum Gasteiger partial charge on any atom is -0.369 e. The molecule has 0 amide bonds. The second-order valence-electron chi connectivity index (χ2n) is 2.80. The SMILES string of the molecule is Nc1nc2c(c(=O)[nH]1)NCN2C(O)O. The summed E-state index contributed by atoms with van der Waals surface area (Å²) in [7, 11) is 0. The van der Waals surface area contributed by atoms with Gasteiger partial charge in [-0.15, -0.1) is 0 Å². The molecular weight excluding hydrogens is 190 g/mol. The number of H-pyrrole nitrogens is 1. The smallest absolute Gasteiger partial charge is 0.277 e. The maximum atomic E-state index is 11.3. The third-order valence-electron chi connectivity index (χ3n) is 1.90. The largest absolute Gasteiger partial charge is 0.369 e. The summed E-state index contributed by atoms with van der Waals surface area (Å²) in [4.78, 5) is 18.4. The van der Waals surface area contributed by atoms with Gasteiger partial charge in [-0.25, -0.2) is 0 Å². The van der Waals surface area contributed by atoms with Gasteiger partial charge in [-0.1, -0.05) is 0 Å². The fourth-order valence-corrected chi connectivity index (χ4v) is 1.28. The lowest BCUT2D eigenvalue weighted by Gasteiger charge is -2.18. The first-order chi connectivity index (χ1) is 6.59. The van der Waals surface area contributed by atoms with Crippen molar-refractivity contribution in [2.75, 3.05) is 22.6 Å². The van der Waals surface area contributed by atoms with E-state index in [1.54, 1.807) is 0 Å². The van der Waals surface area contributed by atoms with E-state index in [2.05, 4.69) is 15.3 Å². The maximum absolute atomic E-state index is 11.3. The van der Waals surface area contributed by atoms with E-state index in [1.165, 1.54) is 0 Å². The number of rotatable bonds is 1. The van der Waals surface area contributed by atoms with Gasteiger partial charge in [-0.05, 0) is 0 Å². The van der Waals surface area contributed by atoms with Crippen molar-refractivity contribution in [2.45, 2.75) is 6.41 Å². The number of aromatic amines is 1. The van der Waals surface area contributed by atoms with Crippen LogP contribution in [0.3, 0.4) is 0 Å². The van der Waals surface area contributed by atoms with Crippen LogP contribution in [-0.2, 0) is 0 Å². The molecule has 76 valence electrons. The van der Waals surface area contributed by atoms with E-state index in [-0.39, 0.29) is 24.1 Å². The molecular formula is C6H9N5O3. The molecule has 0 unspecified atom stereocenters. The molecule has 2 rings (SSSR count). The fourth-order valence-electron chi connectivity index (χ4n) is 1.28. The molecule has 0 aliphatic carbocycles. The van der Waals surface area contributed by atoms with Crippen LogP contribution < -0.4 is 21.5 Å². The lowest BCUT2D eigenvalue weighted by atomic mass is 10.5. The average molecular weight is 199 g/mol. The molecule has 0 saturated heterocycles. The normalized spacial score (nSPS) is 14.4. The second-order valence-corrected chi connectivity index (χ2v) is 2.80. The van der Waals surface area contributed by atoms with Gasteiger partial charge in [0.2, 0.25) is 12.4 Å². The van der Waals surface area contributed by atoms with E-state index in [9.17, 15) is 4.79 Å². The van der Waals surface area contributed by atoms with E-state index >= 15 is 0 Å². The lowest BCUT2D eigenvalue weighted by Crippen LogP contribution is -2.35. The molecule has 8 nitrogen and oxygen atoms in total. The number of aliphatic hydroxyl groups is 2. The highest BCUT2D eigenvalue weighted by molar-refractivity contribution is 5.70. The van der Waals surface area contributed by atoms with Crippen LogP contribution >= 0.6 is 0 Å². The Kier molecular flexibility index (Phi) is 1.79. The summed E-state index contributed by atoms with van der Waals surface area (Å²) >= 11 is 0. The van der Waals surface area contributed by atoms with Crippen molar-refractivity contribution in [3.05, 3.63) is 10.4 Å². The summed E-state index contributed by atoms with van der Waals surface area (Å²) in [6, 6.07) is 0. The first kappa shape index (κ1) is 8.78. The molecule has 0 atom stereocenters. The Morgan fingerprint density at radius 3 is 2.93 bits per heavy atom. The van der Waals surface area contributed by atoms with Crippen LogP contribution in [0.1, 0.15) is 0 Å². The monoisotopic (exact) mass is 199 g/mol. The van der Waals surface area contributed by atoms with Crippen molar-refractivity contribution in [3.8, 4) is 0 Å². The number of aliphatic hydroxyl groups excluding tert-OH is 1. The number of hydrogen-bond donors (Lipinski definition) is 5. The molecule has 1 aliphatic rings. The number of hydrogen-bond acceptors (Lipinski definition) is 7. The van der Waals surface area contributed by atoms with Gasteiger partial charge >= 0.3 is 0 Å². The summed E-state index contributed by atoms with van der Waals surface area (Å²) in [5.41, 5.74) is 5.06. The number of fused-ring (bicyclic) bond motifs is 1. The van der Waals surface area contributed by atoms with Crippen LogP contribution in [0.5, 0.6) is 0 Å². The molecule has 0 spiro atoms. The summed E-state index contributed by atoms with van der Waals surface area (Å²) in [5.74, 6) is 0.0735. The Morgan fingerprint density at radius 1 is 1.57 bits per heavy atom. The molecule has 0 fully saturated rings. The Morgan fingerprint density at radius 2 is 2.29 bits per heavy atom. The first-order valence-electron chi connectivity index (χ1n) is 3.86.